The van der Waals surface area contributed by atoms with Gasteiger partial charge in [-0.05, 0) is 41.0 Å². The molecule has 0 radical (unpaired) electrons. The highest BCUT2D eigenvalue weighted by Gasteiger charge is 2.10. The van der Waals surface area contributed by atoms with Gasteiger partial charge in [0.1, 0.15) is 0 Å². The van der Waals surface area contributed by atoms with Gasteiger partial charge in [-0.2, -0.15) is 5.10 Å². The lowest BCUT2D eigenvalue weighted by Crippen LogP contribution is -2.21. The van der Waals surface area contributed by atoms with E-state index in [1.165, 1.54) is 51.6 Å². The van der Waals surface area contributed by atoms with Crippen molar-refractivity contribution in [3.63, 3.8) is 0 Å². The fraction of sp³-hybridized carbons (Fsp3) is 0.130. The van der Waals surface area contributed by atoms with E-state index >= 15 is 0 Å². The van der Waals surface area contributed by atoms with E-state index in [1.54, 1.807) is 30.8 Å². The molecule has 3 aromatic carbocycles. The van der Waals surface area contributed by atoms with Crippen LogP contribution in [-0.4, -0.2) is 32.5 Å². The number of fused-ring (bicyclic) bond motifs is 1. The van der Waals surface area contributed by atoms with Gasteiger partial charge in [-0.1, -0.05) is 77.3 Å². The van der Waals surface area contributed by atoms with Gasteiger partial charge in [0.2, 0.25) is 0 Å². The second-order valence-corrected chi connectivity index (χ2v) is 10.5. The van der Waals surface area contributed by atoms with Crippen molar-refractivity contribution in [1.29, 1.82) is 0 Å². The van der Waals surface area contributed by atoms with Gasteiger partial charge < -0.3 is 0 Å². The molecule has 1 N–H and O–H groups in total. The average molecular weight is 510 g/mol. The van der Waals surface area contributed by atoms with Gasteiger partial charge in [0.25, 0.3) is 11.6 Å². The Kier molecular flexibility index (Phi) is 7.88. The van der Waals surface area contributed by atoms with E-state index in [1.807, 2.05) is 12.1 Å². The number of carbonyl (C=O) groups excluding carboxylic acids is 1. The summed E-state index contributed by atoms with van der Waals surface area (Å²) in [5.41, 5.74) is 4.99. The minimum absolute atomic E-state index is 0.00342. The molecule has 1 aromatic heterocycles. The van der Waals surface area contributed by atoms with Gasteiger partial charge in [0.05, 0.1) is 16.4 Å². The first-order valence-electron chi connectivity index (χ1n) is 10.1. The Bertz CT molecular complexity index is 1350. The number of nitro benzene ring substituents is 1. The predicted molar refractivity (Wildman–Crippen MR) is 138 cm³/mol. The number of thioether (sulfide) groups is 2. The summed E-state index contributed by atoms with van der Waals surface area (Å²) in [6, 6.07) is 20.6. The molecular formula is C23H19N5O3S3. The number of nitrogens with zero attached hydrogens (tertiary/aromatic N) is 4. The molecule has 0 aliphatic heterocycles. The first-order chi connectivity index (χ1) is 16.5. The largest absolute Gasteiger partial charge is 0.272 e. The molecule has 0 unspecified atom stereocenters. The molecule has 0 bridgehead atoms. The number of nitro groups is 1. The highest BCUT2D eigenvalue weighted by atomic mass is 32.2. The van der Waals surface area contributed by atoms with Crippen LogP contribution < -0.4 is 5.43 Å². The smallest absolute Gasteiger partial charge is 0.269 e. The molecule has 172 valence electrons. The van der Waals surface area contributed by atoms with Crippen LogP contribution in [-0.2, 0) is 10.5 Å². The number of carbonyl (C=O) groups is 1. The number of hydrazone groups is 1. The topological polar surface area (TPSA) is 110 Å². The molecule has 0 atom stereocenters. The van der Waals surface area contributed by atoms with E-state index in [4.69, 9.17) is 0 Å². The van der Waals surface area contributed by atoms with E-state index in [0.29, 0.717) is 15.6 Å². The second kappa shape index (κ2) is 11.2. The van der Waals surface area contributed by atoms with Gasteiger partial charge in [0.15, 0.2) is 8.68 Å². The molecule has 0 fully saturated rings. The molecule has 11 heteroatoms. The molecule has 4 aromatic rings. The minimum atomic E-state index is -0.462. The summed E-state index contributed by atoms with van der Waals surface area (Å²) in [6.07, 6.45) is 0. The standard InChI is InChI=1S/C23H19N5O3S3/c1-15(16-9-11-19(12-10-16)28(30)31)24-25-21(29)14-33-23-27-26-22(34-23)32-13-18-7-4-6-17-5-2-3-8-20(17)18/h2-12H,13-14H2,1H3,(H,25,29)/b24-15-. The van der Waals surface area contributed by atoms with Gasteiger partial charge in [-0.3, -0.25) is 14.9 Å². The Morgan fingerprint density at radius 1 is 1.03 bits per heavy atom. The maximum atomic E-state index is 12.2. The summed E-state index contributed by atoms with van der Waals surface area (Å²) in [4.78, 5) is 22.4. The zero-order chi connectivity index (χ0) is 23.9. The summed E-state index contributed by atoms with van der Waals surface area (Å²) in [7, 11) is 0. The maximum Gasteiger partial charge on any atom is 0.269 e. The fourth-order valence-electron chi connectivity index (χ4n) is 3.07. The first kappa shape index (κ1) is 23.9. The van der Waals surface area contributed by atoms with Crippen LogP contribution in [0.3, 0.4) is 0 Å². The molecule has 0 saturated heterocycles. The summed E-state index contributed by atoms with van der Waals surface area (Å²) in [6.45, 7) is 1.72. The van der Waals surface area contributed by atoms with Crippen molar-refractivity contribution in [2.24, 2.45) is 5.10 Å². The maximum absolute atomic E-state index is 12.2. The van der Waals surface area contributed by atoms with Crippen LogP contribution in [0.2, 0.25) is 0 Å². The lowest BCUT2D eigenvalue weighted by atomic mass is 10.1. The highest BCUT2D eigenvalue weighted by molar-refractivity contribution is 8.03. The van der Waals surface area contributed by atoms with Crippen LogP contribution in [0.5, 0.6) is 0 Å². The summed E-state index contributed by atoms with van der Waals surface area (Å²) >= 11 is 4.38. The van der Waals surface area contributed by atoms with Crippen LogP contribution in [0.15, 0.2) is 80.5 Å². The third kappa shape index (κ3) is 6.19. The number of hydrogen-bond acceptors (Lipinski definition) is 9. The molecule has 4 rings (SSSR count). The Balaban J connectivity index is 1.26. The van der Waals surface area contributed by atoms with Crippen molar-refractivity contribution in [3.8, 4) is 0 Å². The number of aromatic nitrogens is 2. The number of hydrogen-bond donors (Lipinski definition) is 1. The molecule has 0 aliphatic carbocycles. The summed E-state index contributed by atoms with van der Waals surface area (Å²) in [5.74, 6) is 0.670. The molecule has 1 heterocycles. The third-order valence-electron chi connectivity index (χ3n) is 4.79. The molecule has 0 spiro atoms. The molecule has 0 saturated carbocycles. The number of amides is 1. The predicted octanol–water partition coefficient (Wildman–Crippen LogP) is 5.52. The van der Waals surface area contributed by atoms with Gasteiger partial charge in [-0.25, -0.2) is 5.43 Å². The lowest BCUT2D eigenvalue weighted by Gasteiger charge is -2.04. The number of benzene rings is 3. The van der Waals surface area contributed by atoms with Gasteiger partial charge in [0, 0.05) is 17.9 Å². The van der Waals surface area contributed by atoms with E-state index < -0.39 is 4.92 Å². The normalized spacial score (nSPS) is 11.5. The first-order valence-corrected chi connectivity index (χ1v) is 12.9. The molecule has 0 aliphatic rings. The average Bonchev–Trinajstić information content (AvgIpc) is 3.32. The number of non-ortho nitro benzene ring substituents is 1. The second-order valence-electron chi connectivity index (χ2n) is 7.09. The lowest BCUT2D eigenvalue weighted by molar-refractivity contribution is -0.384. The molecule has 34 heavy (non-hydrogen) atoms. The summed E-state index contributed by atoms with van der Waals surface area (Å²) < 4.78 is 1.56. The van der Waals surface area contributed by atoms with E-state index in [0.717, 1.165) is 10.1 Å². The van der Waals surface area contributed by atoms with Crippen LogP contribution in [0.4, 0.5) is 5.69 Å². The Labute approximate surface area is 208 Å². The Morgan fingerprint density at radius 2 is 1.74 bits per heavy atom. The Morgan fingerprint density at radius 3 is 2.50 bits per heavy atom. The van der Waals surface area contributed by atoms with E-state index in [9.17, 15) is 14.9 Å². The van der Waals surface area contributed by atoms with Gasteiger partial charge in [-0.15, -0.1) is 10.2 Å². The van der Waals surface area contributed by atoms with Crippen molar-refractivity contribution < 1.29 is 9.72 Å². The van der Waals surface area contributed by atoms with E-state index in [2.05, 4.69) is 51.1 Å². The van der Waals surface area contributed by atoms with Crippen molar-refractivity contribution >= 4 is 62.9 Å². The van der Waals surface area contributed by atoms with Gasteiger partial charge >= 0.3 is 0 Å². The van der Waals surface area contributed by atoms with Crippen LogP contribution >= 0.6 is 34.9 Å². The SMILES string of the molecule is C/C(=N/NC(=O)CSc1nnc(SCc2cccc3ccccc23)s1)c1ccc([N+](=O)[O-])cc1. The molecule has 8 nitrogen and oxygen atoms in total. The summed E-state index contributed by atoms with van der Waals surface area (Å²) in [5, 5.41) is 25.7. The zero-order valence-corrected chi connectivity index (χ0v) is 20.5. The quantitative estimate of drug-likeness (QED) is 0.137. The van der Waals surface area contributed by atoms with Crippen molar-refractivity contribution in [2.75, 3.05) is 5.75 Å². The van der Waals surface area contributed by atoms with Crippen LogP contribution in [0.25, 0.3) is 10.8 Å². The van der Waals surface area contributed by atoms with Crippen molar-refractivity contribution in [2.45, 2.75) is 21.4 Å². The molecule has 1 amide bonds. The number of rotatable bonds is 9. The minimum Gasteiger partial charge on any atom is -0.272 e. The molecular weight excluding hydrogens is 490 g/mol. The number of nitrogens with one attached hydrogen (secondary N) is 1. The Hall–Kier alpha value is -3.28. The zero-order valence-electron chi connectivity index (χ0n) is 18.0. The van der Waals surface area contributed by atoms with E-state index in [-0.39, 0.29) is 17.3 Å². The van der Waals surface area contributed by atoms with Crippen LogP contribution in [0.1, 0.15) is 18.1 Å². The third-order valence-corrected chi connectivity index (χ3v) is 8.03. The highest BCUT2D eigenvalue weighted by Crippen LogP contribution is 2.32. The fourth-order valence-corrected chi connectivity index (χ4v) is 5.88. The monoisotopic (exact) mass is 509 g/mol. The van der Waals surface area contributed by atoms with Crippen molar-refractivity contribution in [3.05, 3.63) is 88.0 Å². The van der Waals surface area contributed by atoms with Crippen LogP contribution in [0, 0.1) is 10.1 Å². The van der Waals surface area contributed by atoms with Crippen molar-refractivity contribution in [1.82, 2.24) is 15.6 Å².